The number of nitrogens with one attached hydrogen (secondary N) is 1. The fourth-order valence-electron chi connectivity index (χ4n) is 1.40. The molecule has 1 N–H and O–H groups in total. The first kappa shape index (κ1) is 18.6. The van der Waals surface area contributed by atoms with Gasteiger partial charge in [-0.15, -0.1) is 0 Å². The molecule has 112 valence electrons. The highest BCUT2D eigenvalue weighted by Crippen LogP contribution is 2.19. The molecule has 0 rings (SSSR count). The van der Waals surface area contributed by atoms with E-state index in [2.05, 4.69) is 32.8 Å². The van der Waals surface area contributed by atoms with Crippen LogP contribution in [0, 0.1) is 0 Å². The van der Waals surface area contributed by atoms with Crippen LogP contribution in [0.5, 0.6) is 0 Å². The molecule has 0 aromatic carbocycles. The van der Waals surface area contributed by atoms with Crippen molar-refractivity contribution in [2.75, 3.05) is 7.05 Å². The summed E-state index contributed by atoms with van der Waals surface area (Å²) >= 11 is 3.36. The van der Waals surface area contributed by atoms with E-state index in [-0.39, 0.29) is 11.9 Å². The second-order valence-corrected chi connectivity index (χ2v) is 4.99. The van der Waals surface area contributed by atoms with Gasteiger partial charge in [-0.2, -0.15) is 0 Å². The summed E-state index contributed by atoms with van der Waals surface area (Å²) in [4.78, 5) is 4.16. The van der Waals surface area contributed by atoms with Gasteiger partial charge < -0.3 is 10.1 Å². The fourth-order valence-corrected chi connectivity index (χ4v) is 2.06. The number of hydrogen-bond acceptors (Lipinski definition) is 2. The number of allylic oxidation sites excluding steroid dienone is 4. The summed E-state index contributed by atoms with van der Waals surface area (Å²) < 4.78 is 18.9. The minimum atomic E-state index is -0.253. The molecule has 0 aromatic heterocycles. The van der Waals surface area contributed by atoms with Gasteiger partial charge in [0.25, 0.3) is 0 Å². The van der Waals surface area contributed by atoms with Crippen LogP contribution in [0.1, 0.15) is 27.7 Å². The zero-order valence-corrected chi connectivity index (χ0v) is 14.2. The molecule has 0 spiro atoms. The molecule has 0 radical (unpaired) electrons. The van der Waals surface area contributed by atoms with Crippen LogP contribution in [-0.2, 0) is 4.74 Å². The Hall–Kier alpha value is -1.36. The Morgan fingerprint density at radius 1 is 1.45 bits per heavy atom. The largest absolute Gasteiger partial charge is 0.462 e. The van der Waals surface area contributed by atoms with Gasteiger partial charge in [-0.3, -0.25) is 4.99 Å². The van der Waals surface area contributed by atoms with Gasteiger partial charge in [-0.1, -0.05) is 22.5 Å². The highest BCUT2D eigenvalue weighted by Gasteiger charge is 2.13. The first-order chi connectivity index (χ1) is 9.37. The van der Waals surface area contributed by atoms with Crippen molar-refractivity contribution in [1.82, 2.24) is 5.32 Å². The number of hydrogen-bond donors (Lipinski definition) is 1. The van der Waals surface area contributed by atoms with E-state index in [1.165, 1.54) is 19.3 Å². The van der Waals surface area contributed by atoms with Crippen LogP contribution in [0.2, 0.25) is 0 Å². The van der Waals surface area contributed by atoms with E-state index in [1.807, 2.05) is 20.8 Å². The summed E-state index contributed by atoms with van der Waals surface area (Å²) in [5, 5.41) is 3.23. The maximum Gasteiger partial charge on any atom is 0.164 e. The predicted molar refractivity (Wildman–Crippen MR) is 87.5 cm³/mol. The second-order valence-electron chi connectivity index (χ2n) is 4.14. The lowest BCUT2D eigenvalue weighted by Gasteiger charge is -2.19. The van der Waals surface area contributed by atoms with Gasteiger partial charge in [0, 0.05) is 17.6 Å². The van der Waals surface area contributed by atoms with Gasteiger partial charge >= 0.3 is 0 Å². The van der Waals surface area contributed by atoms with Crippen molar-refractivity contribution < 1.29 is 9.13 Å². The molecule has 0 bridgehead atoms. The average Bonchev–Trinajstić information content (AvgIpc) is 2.40. The summed E-state index contributed by atoms with van der Waals surface area (Å²) in [5.41, 5.74) is 0.956. The van der Waals surface area contributed by atoms with E-state index in [4.69, 9.17) is 4.74 Å². The van der Waals surface area contributed by atoms with Crippen LogP contribution in [-0.4, -0.2) is 18.9 Å². The van der Waals surface area contributed by atoms with E-state index < -0.39 is 0 Å². The Bertz CT molecular complexity index is 460. The maximum atomic E-state index is 12.9. The maximum absolute atomic E-state index is 12.9. The van der Waals surface area contributed by atoms with Crippen LogP contribution in [0.3, 0.4) is 0 Å². The molecule has 1 atom stereocenters. The molecule has 20 heavy (non-hydrogen) atoms. The van der Waals surface area contributed by atoms with Crippen molar-refractivity contribution in [3.8, 4) is 0 Å². The summed E-state index contributed by atoms with van der Waals surface area (Å²) in [6, 6.07) is -0.0398. The lowest BCUT2D eigenvalue weighted by molar-refractivity contribution is 0.374. The van der Waals surface area contributed by atoms with Crippen molar-refractivity contribution in [1.29, 1.82) is 0 Å². The molecule has 0 heterocycles. The summed E-state index contributed by atoms with van der Waals surface area (Å²) in [6.45, 7) is 10.7. The Kier molecular flexibility index (Phi) is 8.88. The Balaban J connectivity index is 5.11. The van der Waals surface area contributed by atoms with E-state index in [1.54, 1.807) is 13.1 Å². The van der Waals surface area contributed by atoms with Gasteiger partial charge in [0.2, 0.25) is 0 Å². The zero-order chi connectivity index (χ0) is 15.7. The average molecular weight is 345 g/mol. The number of rotatable bonds is 6. The van der Waals surface area contributed by atoms with Gasteiger partial charge in [0.1, 0.15) is 0 Å². The minimum Gasteiger partial charge on any atom is -0.462 e. The molecule has 0 aliphatic heterocycles. The molecule has 0 amide bonds. The van der Waals surface area contributed by atoms with Crippen LogP contribution in [0.4, 0.5) is 4.39 Å². The Morgan fingerprint density at radius 3 is 2.45 bits per heavy atom. The third-order valence-electron chi connectivity index (χ3n) is 2.63. The topological polar surface area (TPSA) is 33.6 Å². The SMILES string of the molecule is C=CO/C(=C\C)C(=NC)NC(C)C(C)=C(Br)C=C(C)F. The quantitative estimate of drug-likeness (QED) is 0.330. The number of halogens is 2. The molecular weight excluding hydrogens is 323 g/mol. The van der Waals surface area contributed by atoms with Crippen LogP contribution in [0.15, 0.2) is 51.6 Å². The predicted octanol–water partition coefficient (Wildman–Crippen LogP) is 4.60. The molecule has 0 saturated carbocycles. The molecule has 0 aliphatic rings. The van der Waals surface area contributed by atoms with Crippen LogP contribution in [0.25, 0.3) is 0 Å². The van der Waals surface area contributed by atoms with E-state index in [0.29, 0.717) is 16.1 Å². The molecular formula is C15H22BrFN2O. The molecule has 1 unspecified atom stereocenters. The Morgan fingerprint density at radius 2 is 2.05 bits per heavy atom. The van der Waals surface area contributed by atoms with Gasteiger partial charge in [0.05, 0.1) is 12.1 Å². The van der Waals surface area contributed by atoms with E-state index >= 15 is 0 Å². The molecule has 0 aromatic rings. The summed E-state index contributed by atoms with van der Waals surface area (Å²) in [7, 11) is 1.67. The van der Waals surface area contributed by atoms with E-state index in [0.717, 1.165) is 5.57 Å². The van der Waals surface area contributed by atoms with Crippen molar-refractivity contribution in [3.05, 3.63) is 46.6 Å². The minimum absolute atomic E-state index is 0.0398. The first-order valence-electron chi connectivity index (χ1n) is 6.24. The fraction of sp³-hybridized carbons (Fsp3) is 0.400. The standard InChI is InChI=1S/C15H22BrFN2O/c1-7-14(20-8-2)15(18-6)19-12(5)11(4)13(16)9-10(3)17/h7-9,12H,2H2,1,3-6H3,(H,18,19)/b10-9?,13-11?,14-7-. The smallest absolute Gasteiger partial charge is 0.164 e. The van der Waals surface area contributed by atoms with Crippen LogP contribution < -0.4 is 5.32 Å². The van der Waals surface area contributed by atoms with Gasteiger partial charge in [0.15, 0.2) is 11.6 Å². The zero-order valence-electron chi connectivity index (χ0n) is 12.6. The highest BCUT2D eigenvalue weighted by atomic mass is 79.9. The van der Waals surface area contributed by atoms with Gasteiger partial charge in [-0.05, 0) is 45.4 Å². The Labute approximate surface area is 129 Å². The third kappa shape index (κ3) is 6.19. The first-order valence-corrected chi connectivity index (χ1v) is 7.04. The van der Waals surface area contributed by atoms with Crippen LogP contribution >= 0.6 is 15.9 Å². The van der Waals surface area contributed by atoms with Crippen molar-refractivity contribution in [2.24, 2.45) is 4.99 Å². The van der Waals surface area contributed by atoms with Crippen molar-refractivity contribution in [3.63, 3.8) is 0 Å². The molecule has 0 fully saturated rings. The van der Waals surface area contributed by atoms with Gasteiger partial charge in [-0.25, -0.2) is 4.39 Å². The summed E-state index contributed by atoms with van der Waals surface area (Å²) in [6.07, 6.45) is 4.58. The number of nitrogens with zero attached hydrogens (tertiary/aromatic N) is 1. The van der Waals surface area contributed by atoms with E-state index in [9.17, 15) is 4.39 Å². The number of ether oxygens (including phenoxy) is 1. The third-order valence-corrected chi connectivity index (χ3v) is 3.49. The van der Waals surface area contributed by atoms with Crippen molar-refractivity contribution in [2.45, 2.75) is 33.7 Å². The monoisotopic (exact) mass is 344 g/mol. The lowest BCUT2D eigenvalue weighted by atomic mass is 10.1. The molecule has 5 heteroatoms. The number of aliphatic imine (C=N–C) groups is 1. The summed E-state index contributed by atoms with van der Waals surface area (Å²) in [5.74, 6) is 0.952. The normalized spacial score (nSPS) is 16.4. The van der Waals surface area contributed by atoms with Crippen molar-refractivity contribution >= 4 is 21.8 Å². The highest BCUT2D eigenvalue weighted by molar-refractivity contribution is 9.11. The molecule has 3 nitrogen and oxygen atoms in total. The number of amidine groups is 1. The molecule has 0 saturated heterocycles. The lowest BCUT2D eigenvalue weighted by Crippen LogP contribution is -2.35. The second kappa shape index (κ2) is 9.53. The molecule has 0 aliphatic carbocycles.